The van der Waals surface area contributed by atoms with Crippen LogP contribution < -0.4 is 21.3 Å². The summed E-state index contributed by atoms with van der Waals surface area (Å²) in [5.41, 5.74) is 2.25. The standard InChI is InChI=1S/C27H42N6O2/c34-26(32-20-14-24-12-10-16-28-22-24)30-18-8-6-4-2-1-3-5-7-9-19-31-27(35)33-21-15-25-13-11-17-29-23-25/h10-13,16-17,22-23H,1-9,14-15,18-21H2,(H2,30,32,34)(H2,31,33,35). The Labute approximate surface area is 210 Å². The molecule has 2 rings (SSSR count). The van der Waals surface area contributed by atoms with E-state index in [4.69, 9.17) is 0 Å². The lowest BCUT2D eigenvalue weighted by Crippen LogP contribution is -2.37. The number of hydrogen-bond donors (Lipinski definition) is 4. The fraction of sp³-hybridized carbons (Fsp3) is 0.556. The molecule has 0 aromatic carbocycles. The molecule has 0 saturated heterocycles. The largest absolute Gasteiger partial charge is 0.338 e. The molecule has 0 radical (unpaired) electrons. The first-order chi connectivity index (χ1) is 17.2. The number of carbonyl (C=O) groups is 2. The summed E-state index contributed by atoms with van der Waals surface area (Å²) in [6, 6.07) is 7.65. The van der Waals surface area contributed by atoms with Gasteiger partial charge in [-0.3, -0.25) is 9.97 Å². The molecule has 8 heteroatoms. The van der Waals surface area contributed by atoms with Crippen LogP contribution in [-0.2, 0) is 12.8 Å². The van der Waals surface area contributed by atoms with E-state index in [1.807, 2.05) is 36.7 Å². The van der Waals surface area contributed by atoms with E-state index in [1.54, 1.807) is 12.4 Å². The Morgan fingerprint density at radius 1 is 0.543 bits per heavy atom. The van der Waals surface area contributed by atoms with Crippen LogP contribution in [0.5, 0.6) is 0 Å². The minimum Gasteiger partial charge on any atom is -0.338 e. The number of rotatable bonds is 18. The highest BCUT2D eigenvalue weighted by atomic mass is 16.2. The average molecular weight is 483 g/mol. The SMILES string of the molecule is O=C(NCCCCCCCCCCCNC(=O)NCCc1cccnc1)NCCc1cccnc1. The van der Waals surface area contributed by atoms with Crippen molar-refractivity contribution in [3.63, 3.8) is 0 Å². The fourth-order valence-corrected chi connectivity index (χ4v) is 3.75. The number of pyridine rings is 2. The first kappa shape index (κ1) is 28.1. The predicted molar refractivity (Wildman–Crippen MR) is 140 cm³/mol. The zero-order chi connectivity index (χ0) is 24.8. The molecule has 192 valence electrons. The number of unbranched alkanes of at least 4 members (excludes halogenated alkanes) is 8. The first-order valence-electron chi connectivity index (χ1n) is 13.1. The summed E-state index contributed by atoms with van der Waals surface area (Å²) in [5.74, 6) is 0. The highest BCUT2D eigenvalue weighted by Crippen LogP contribution is 2.09. The van der Waals surface area contributed by atoms with Crippen LogP contribution in [0.3, 0.4) is 0 Å². The van der Waals surface area contributed by atoms with Crippen LogP contribution in [0.25, 0.3) is 0 Å². The average Bonchev–Trinajstić information content (AvgIpc) is 2.88. The van der Waals surface area contributed by atoms with Crippen molar-refractivity contribution in [1.82, 2.24) is 31.2 Å². The molecule has 0 bridgehead atoms. The number of aromatic nitrogens is 2. The van der Waals surface area contributed by atoms with Gasteiger partial charge in [0.05, 0.1) is 0 Å². The first-order valence-corrected chi connectivity index (χ1v) is 13.1. The third kappa shape index (κ3) is 15.4. The van der Waals surface area contributed by atoms with Crippen LogP contribution in [0.1, 0.15) is 68.9 Å². The lowest BCUT2D eigenvalue weighted by atomic mass is 10.1. The summed E-state index contributed by atoms with van der Waals surface area (Å²) >= 11 is 0. The molecule has 0 unspecified atom stereocenters. The molecular formula is C27H42N6O2. The minimum absolute atomic E-state index is 0.0920. The normalized spacial score (nSPS) is 10.5. The zero-order valence-electron chi connectivity index (χ0n) is 20.9. The lowest BCUT2D eigenvalue weighted by Gasteiger charge is -2.08. The Kier molecular flexibility index (Phi) is 15.4. The highest BCUT2D eigenvalue weighted by molar-refractivity contribution is 5.74. The van der Waals surface area contributed by atoms with Crippen molar-refractivity contribution in [2.24, 2.45) is 0 Å². The Morgan fingerprint density at radius 3 is 1.29 bits per heavy atom. The van der Waals surface area contributed by atoms with Gasteiger partial charge >= 0.3 is 12.1 Å². The van der Waals surface area contributed by atoms with Gasteiger partial charge in [-0.25, -0.2) is 9.59 Å². The highest BCUT2D eigenvalue weighted by Gasteiger charge is 2.01. The van der Waals surface area contributed by atoms with Crippen LogP contribution in [0.4, 0.5) is 9.59 Å². The molecule has 2 aromatic heterocycles. The third-order valence-electron chi connectivity index (χ3n) is 5.77. The molecule has 0 aliphatic heterocycles. The second-order valence-electron chi connectivity index (χ2n) is 8.77. The molecule has 0 aliphatic carbocycles. The van der Waals surface area contributed by atoms with Gasteiger partial charge in [0.25, 0.3) is 0 Å². The fourth-order valence-electron chi connectivity index (χ4n) is 3.75. The summed E-state index contributed by atoms with van der Waals surface area (Å²) < 4.78 is 0. The summed E-state index contributed by atoms with van der Waals surface area (Å²) in [4.78, 5) is 31.7. The van der Waals surface area contributed by atoms with Gasteiger partial charge < -0.3 is 21.3 Å². The Morgan fingerprint density at radius 2 is 0.914 bits per heavy atom. The van der Waals surface area contributed by atoms with Crippen molar-refractivity contribution in [3.8, 4) is 0 Å². The van der Waals surface area contributed by atoms with Gasteiger partial charge in [0, 0.05) is 51.0 Å². The molecule has 2 aromatic rings. The number of urea groups is 2. The van der Waals surface area contributed by atoms with E-state index >= 15 is 0 Å². The van der Waals surface area contributed by atoms with Crippen LogP contribution in [0.15, 0.2) is 49.1 Å². The Hall–Kier alpha value is -3.16. The van der Waals surface area contributed by atoms with E-state index in [1.165, 1.54) is 32.1 Å². The second kappa shape index (κ2) is 19.2. The van der Waals surface area contributed by atoms with E-state index < -0.39 is 0 Å². The quantitative estimate of drug-likeness (QED) is 0.237. The van der Waals surface area contributed by atoms with Crippen molar-refractivity contribution >= 4 is 12.1 Å². The molecule has 4 N–H and O–H groups in total. The number of nitrogens with one attached hydrogen (secondary N) is 4. The smallest absolute Gasteiger partial charge is 0.314 e. The van der Waals surface area contributed by atoms with E-state index in [0.717, 1.165) is 62.7 Å². The number of amides is 4. The third-order valence-corrected chi connectivity index (χ3v) is 5.77. The van der Waals surface area contributed by atoms with Crippen molar-refractivity contribution < 1.29 is 9.59 Å². The Balaban J connectivity index is 1.27. The van der Waals surface area contributed by atoms with E-state index in [9.17, 15) is 9.59 Å². The maximum Gasteiger partial charge on any atom is 0.314 e. The lowest BCUT2D eigenvalue weighted by molar-refractivity contribution is 0.240. The number of nitrogens with zero attached hydrogens (tertiary/aromatic N) is 2. The molecule has 2 heterocycles. The second-order valence-corrected chi connectivity index (χ2v) is 8.77. The van der Waals surface area contributed by atoms with Gasteiger partial charge in [-0.1, -0.05) is 57.1 Å². The van der Waals surface area contributed by atoms with Gasteiger partial charge in [0.2, 0.25) is 0 Å². The summed E-state index contributed by atoms with van der Waals surface area (Å²) in [5, 5.41) is 11.6. The zero-order valence-corrected chi connectivity index (χ0v) is 20.9. The van der Waals surface area contributed by atoms with Gasteiger partial charge in [0.1, 0.15) is 0 Å². The molecule has 0 spiro atoms. The van der Waals surface area contributed by atoms with Crippen LogP contribution in [-0.4, -0.2) is 48.2 Å². The van der Waals surface area contributed by atoms with Crippen molar-refractivity contribution in [1.29, 1.82) is 0 Å². The molecule has 0 aliphatic rings. The summed E-state index contributed by atoms with van der Waals surface area (Å²) in [7, 11) is 0. The summed E-state index contributed by atoms with van der Waals surface area (Å²) in [6.45, 7) is 2.69. The molecule has 4 amide bonds. The number of carbonyl (C=O) groups excluding carboxylic acids is 2. The maximum absolute atomic E-state index is 11.8. The molecule has 0 saturated carbocycles. The topological polar surface area (TPSA) is 108 Å². The molecular weight excluding hydrogens is 440 g/mol. The van der Waals surface area contributed by atoms with Crippen molar-refractivity contribution in [2.45, 2.75) is 70.6 Å². The van der Waals surface area contributed by atoms with Crippen LogP contribution in [0.2, 0.25) is 0 Å². The van der Waals surface area contributed by atoms with Gasteiger partial charge in [-0.2, -0.15) is 0 Å². The van der Waals surface area contributed by atoms with E-state index in [0.29, 0.717) is 13.1 Å². The maximum atomic E-state index is 11.8. The van der Waals surface area contributed by atoms with Crippen LogP contribution in [0, 0.1) is 0 Å². The molecule has 0 fully saturated rings. The van der Waals surface area contributed by atoms with Gasteiger partial charge in [-0.05, 0) is 48.9 Å². The van der Waals surface area contributed by atoms with Crippen molar-refractivity contribution in [2.75, 3.05) is 26.2 Å². The molecule has 8 nitrogen and oxygen atoms in total. The van der Waals surface area contributed by atoms with E-state index in [-0.39, 0.29) is 12.1 Å². The van der Waals surface area contributed by atoms with E-state index in [2.05, 4.69) is 31.2 Å². The van der Waals surface area contributed by atoms with Gasteiger partial charge in [-0.15, -0.1) is 0 Å². The van der Waals surface area contributed by atoms with Crippen LogP contribution >= 0.6 is 0 Å². The Bertz CT molecular complexity index is 736. The van der Waals surface area contributed by atoms with Crippen molar-refractivity contribution in [3.05, 3.63) is 60.2 Å². The monoisotopic (exact) mass is 482 g/mol. The van der Waals surface area contributed by atoms with Gasteiger partial charge in [0.15, 0.2) is 0 Å². The molecule has 0 atom stereocenters. The number of hydrogen-bond acceptors (Lipinski definition) is 4. The molecule has 35 heavy (non-hydrogen) atoms. The minimum atomic E-state index is -0.0920. The predicted octanol–water partition coefficient (Wildman–Crippen LogP) is 4.37. The summed E-state index contributed by atoms with van der Waals surface area (Å²) in [6.07, 6.45) is 19.2.